The number of nitrogens with one attached hydrogen (secondary N) is 1. The van der Waals surface area contributed by atoms with Crippen molar-refractivity contribution in [1.29, 1.82) is 0 Å². The lowest BCUT2D eigenvalue weighted by molar-refractivity contribution is 0.0587. The SMILES string of the molecule is COC(=O)c1nccc(NC2CCN3CCCCC23)n1. The molecule has 0 spiro atoms. The quantitative estimate of drug-likeness (QED) is 0.839. The van der Waals surface area contributed by atoms with Crippen molar-refractivity contribution in [3.63, 3.8) is 0 Å². The average Bonchev–Trinajstić information content (AvgIpc) is 2.90. The second-order valence-electron chi connectivity index (χ2n) is 5.40. The minimum atomic E-state index is -0.501. The highest BCUT2D eigenvalue weighted by molar-refractivity contribution is 5.85. The van der Waals surface area contributed by atoms with Gasteiger partial charge in [0.15, 0.2) is 0 Å². The van der Waals surface area contributed by atoms with Gasteiger partial charge in [-0.15, -0.1) is 0 Å². The number of hydrogen-bond donors (Lipinski definition) is 1. The molecule has 0 saturated carbocycles. The fourth-order valence-corrected chi connectivity index (χ4v) is 3.23. The minimum Gasteiger partial charge on any atom is -0.463 e. The van der Waals surface area contributed by atoms with Crippen LogP contribution in [0.2, 0.25) is 0 Å². The van der Waals surface area contributed by atoms with E-state index in [0.717, 1.165) is 13.0 Å². The first kappa shape index (κ1) is 13.3. The molecule has 2 saturated heterocycles. The van der Waals surface area contributed by atoms with Crippen molar-refractivity contribution in [3.05, 3.63) is 18.1 Å². The Morgan fingerprint density at radius 1 is 1.40 bits per heavy atom. The van der Waals surface area contributed by atoms with E-state index in [-0.39, 0.29) is 5.82 Å². The Labute approximate surface area is 118 Å². The van der Waals surface area contributed by atoms with Gasteiger partial charge >= 0.3 is 5.97 Å². The number of carbonyl (C=O) groups is 1. The van der Waals surface area contributed by atoms with Crippen molar-refractivity contribution in [1.82, 2.24) is 14.9 Å². The van der Waals surface area contributed by atoms with Crippen molar-refractivity contribution in [2.24, 2.45) is 0 Å². The average molecular weight is 276 g/mol. The Morgan fingerprint density at radius 2 is 2.30 bits per heavy atom. The molecule has 1 aromatic heterocycles. The van der Waals surface area contributed by atoms with Gasteiger partial charge in [0.25, 0.3) is 0 Å². The molecule has 1 N–H and O–H groups in total. The van der Waals surface area contributed by atoms with Crippen molar-refractivity contribution in [3.8, 4) is 0 Å². The summed E-state index contributed by atoms with van der Waals surface area (Å²) in [6.45, 7) is 2.36. The molecule has 2 unspecified atom stereocenters. The second kappa shape index (κ2) is 5.75. The van der Waals surface area contributed by atoms with Gasteiger partial charge in [-0.3, -0.25) is 4.90 Å². The Bertz CT molecular complexity index is 494. The summed E-state index contributed by atoms with van der Waals surface area (Å²) in [4.78, 5) is 22.2. The molecule has 20 heavy (non-hydrogen) atoms. The zero-order valence-corrected chi connectivity index (χ0v) is 11.7. The zero-order chi connectivity index (χ0) is 13.9. The third-order valence-electron chi connectivity index (χ3n) is 4.21. The van der Waals surface area contributed by atoms with E-state index in [1.807, 2.05) is 0 Å². The van der Waals surface area contributed by atoms with Gasteiger partial charge in [0.2, 0.25) is 5.82 Å². The summed E-state index contributed by atoms with van der Waals surface area (Å²) in [5.74, 6) is 0.313. The Balaban J connectivity index is 1.70. The molecule has 0 aromatic carbocycles. The molecular formula is C14H20N4O2. The van der Waals surface area contributed by atoms with Crippen LogP contribution >= 0.6 is 0 Å². The number of piperidine rings is 1. The van der Waals surface area contributed by atoms with Crippen LogP contribution < -0.4 is 5.32 Å². The zero-order valence-electron chi connectivity index (χ0n) is 11.7. The first-order chi connectivity index (χ1) is 9.78. The van der Waals surface area contributed by atoms with Gasteiger partial charge in [0, 0.05) is 24.8 Å². The van der Waals surface area contributed by atoms with E-state index >= 15 is 0 Å². The van der Waals surface area contributed by atoms with Gasteiger partial charge in [0.1, 0.15) is 5.82 Å². The lowest BCUT2D eigenvalue weighted by Gasteiger charge is -2.32. The molecule has 108 valence electrons. The molecule has 2 aliphatic heterocycles. The summed E-state index contributed by atoms with van der Waals surface area (Å²) in [5, 5.41) is 3.46. The molecule has 3 rings (SSSR count). The van der Waals surface area contributed by atoms with Crippen LogP contribution in [-0.4, -0.2) is 53.1 Å². The summed E-state index contributed by atoms with van der Waals surface area (Å²) in [6.07, 6.45) is 6.57. The summed E-state index contributed by atoms with van der Waals surface area (Å²) in [7, 11) is 1.34. The van der Waals surface area contributed by atoms with E-state index in [1.165, 1.54) is 32.9 Å². The maximum atomic E-state index is 11.4. The van der Waals surface area contributed by atoms with Crippen molar-refractivity contribution >= 4 is 11.8 Å². The van der Waals surface area contributed by atoms with Crippen LogP contribution in [0.15, 0.2) is 12.3 Å². The molecule has 0 radical (unpaired) electrons. The highest BCUT2D eigenvalue weighted by atomic mass is 16.5. The van der Waals surface area contributed by atoms with E-state index in [1.54, 1.807) is 12.3 Å². The molecule has 1 aromatic rings. The number of nitrogens with zero attached hydrogens (tertiary/aromatic N) is 3. The van der Waals surface area contributed by atoms with E-state index in [2.05, 4.69) is 24.9 Å². The molecular weight excluding hydrogens is 256 g/mol. The molecule has 0 aliphatic carbocycles. The maximum absolute atomic E-state index is 11.4. The number of hydrogen-bond acceptors (Lipinski definition) is 6. The predicted octanol–water partition coefficient (Wildman–Crippen LogP) is 1.30. The number of methoxy groups -OCH3 is 1. The number of ether oxygens (including phenoxy) is 1. The van der Waals surface area contributed by atoms with E-state index in [4.69, 9.17) is 0 Å². The summed E-state index contributed by atoms with van der Waals surface area (Å²) in [6, 6.07) is 2.81. The first-order valence-electron chi connectivity index (χ1n) is 7.20. The third-order valence-corrected chi connectivity index (χ3v) is 4.21. The van der Waals surface area contributed by atoms with Crippen molar-refractivity contribution < 1.29 is 9.53 Å². The molecule has 0 bridgehead atoms. The second-order valence-corrected chi connectivity index (χ2v) is 5.40. The number of esters is 1. The highest BCUT2D eigenvalue weighted by Gasteiger charge is 2.35. The lowest BCUT2D eigenvalue weighted by atomic mass is 9.99. The van der Waals surface area contributed by atoms with Gasteiger partial charge in [-0.25, -0.2) is 14.8 Å². The fourth-order valence-electron chi connectivity index (χ4n) is 3.23. The molecule has 6 heteroatoms. The minimum absolute atomic E-state index is 0.107. The standard InChI is InChI=1S/C14H20N4O2/c1-20-14(19)13-15-7-5-12(17-13)16-10-6-9-18-8-3-2-4-11(10)18/h5,7,10-11H,2-4,6,8-9H2,1H3,(H,15,16,17). The van der Waals surface area contributed by atoms with Gasteiger partial charge < -0.3 is 10.1 Å². The number of carbonyl (C=O) groups excluding carboxylic acids is 1. The third kappa shape index (κ3) is 2.60. The normalized spacial score (nSPS) is 26.1. The van der Waals surface area contributed by atoms with Crippen LogP contribution in [0.1, 0.15) is 36.3 Å². The number of rotatable bonds is 3. The molecule has 2 aliphatic rings. The van der Waals surface area contributed by atoms with E-state index in [9.17, 15) is 4.79 Å². The van der Waals surface area contributed by atoms with Crippen LogP contribution in [0.4, 0.5) is 5.82 Å². The van der Waals surface area contributed by atoms with Gasteiger partial charge in [-0.05, 0) is 31.9 Å². The monoisotopic (exact) mass is 276 g/mol. The lowest BCUT2D eigenvalue weighted by Crippen LogP contribution is -2.41. The predicted molar refractivity (Wildman–Crippen MR) is 74.6 cm³/mol. The Morgan fingerprint density at radius 3 is 3.15 bits per heavy atom. The van der Waals surface area contributed by atoms with Crippen LogP contribution in [0, 0.1) is 0 Å². The van der Waals surface area contributed by atoms with Gasteiger partial charge in [0.05, 0.1) is 7.11 Å². The number of anilines is 1. The topological polar surface area (TPSA) is 67.3 Å². The Kier molecular flexibility index (Phi) is 3.82. The van der Waals surface area contributed by atoms with Crippen molar-refractivity contribution in [2.75, 3.05) is 25.5 Å². The molecule has 6 nitrogen and oxygen atoms in total. The Hall–Kier alpha value is -1.69. The van der Waals surface area contributed by atoms with Crippen LogP contribution in [0.25, 0.3) is 0 Å². The molecule has 3 heterocycles. The van der Waals surface area contributed by atoms with Gasteiger partial charge in [-0.1, -0.05) is 6.42 Å². The largest absolute Gasteiger partial charge is 0.463 e. The van der Waals surface area contributed by atoms with Gasteiger partial charge in [-0.2, -0.15) is 0 Å². The maximum Gasteiger partial charge on any atom is 0.376 e. The summed E-state index contributed by atoms with van der Waals surface area (Å²) >= 11 is 0. The summed E-state index contributed by atoms with van der Waals surface area (Å²) in [5.41, 5.74) is 0. The molecule has 2 atom stereocenters. The summed E-state index contributed by atoms with van der Waals surface area (Å²) < 4.78 is 4.65. The first-order valence-corrected chi connectivity index (χ1v) is 7.20. The molecule has 0 amide bonds. The number of fused-ring (bicyclic) bond motifs is 1. The van der Waals surface area contributed by atoms with E-state index in [0.29, 0.717) is 17.9 Å². The number of aromatic nitrogens is 2. The van der Waals surface area contributed by atoms with Crippen LogP contribution in [-0.2, 0) is 4.74 Å². The van der Waals surface area contributed by atoms with E-state index < -0.39 is 5.97 Å². The van der Waals surface area contributed by atoms with Crippen LogP contribution in [0.3, 0.4) is 0 Å². The highest BCUT2D eigenvalue weighted by Crippen LogP contribution is 2.28. The molecule has 2 fully saturated rings. The smallest absolute Gasteiger partial charge is 0.376 e. The van der Waals surface area contributed by atoms with Crippen LogP contribution in [0.5, 0.6) is 0 Å². The van der Waals surface area contributed by atoms with Crippen molar-refractivity contribution in [2.45, 2.75) is 37.8 Å². The fraction of sp³-hybridized carbons (Fsp3) is 0.643.